The van der Waals surface area contributed by atoms with Crippen LogP contribution in [0.4, 0.5) is 0 Å². The molecule has 0 bridgehead atoms. The van der Waals surface area contributed by atoms with Gasteiger partial charge in [-0.2, -0.15) is 5.10 Å². The molecule has 1 N–H and O–H groups in total. The van der Waals surface area contributed by atoms with E-state index in [0.717, 1.165) is 17.7 Å². The molecule has 2 aromatic heterocycles. The lowest BCUT2D eigenvalue weighted by Gasteiger charge is -2.25. The molecule has 3 atom stereocenters. The highest BCUT2D eigenvalue weighted by Crippen LogP contribution is 2.36. The van der Waals surface area contributed by atoms with Gasteiger partial charge in [0, 0.05) is 56.3 Å². The first-order chi connectivity index (χ1) is 10.6. The van der Waals surface area contributed by atoms with Crippen LogP contribution in [-0.4, -0.2) is 34.2 Å². The molecule has 1 saturated heterocycles. The van der Waals surface area contributed by atoms with Gasteiger partial charge in [0.15, 0.2) is 0 Å². The number of nitrogens with one attached hydrogen (secondary N) is 1. The summed E-state index contributed by atoms with van der Waals surface area (Å²) in [5, 5.41) is 7.75. The third kappa shape index (κ3) is 2.78. The second-order valence-electron chi connectivity index (χ2n) is 6.05. The van der Waals surface area contributed by atoms with Gasteiger partial charge in [-0.15, -0.1) is 0 Å². The van der Waals surface area contributed by atoms with Crippen molar-refractivity contribution < 1.29 is 9.21 Å². The predicted molar refractivity (Wildman–Crippen MR) is 82.0 cm³/mol. The summed E-state index contributed by atoms with van der Waals surface area (Å²) in [6.45, 7) is 2.88. The lowest BCUT2D eigenvalue weighted by atomic mass is 9.95. The molecule has 0 radical (unpaired) electrons. The van der Waals surface area contributed by atoms with E-state index in [1.165, 1.54) is 0 Å². The van der Waals surface area contributed by atoms with Crippen molar-refractivity contribution in [1.29, 1.82) is 0 Å². The van der Waals surface area contributed by atoms with Crippen molar-refractivity contribution in [2.24, 2.45) is 13.0 Å². The summed E-state index contributed by atoms with van der Waals surface area (Å²) in [6, 6.07) is 2.25. The molecule has 3 heterocycles. The first kappa shape index (κ1) is 14.8. The Morgan fingerprint density at radius 2 is 2.32 bits per heavy atom. The molecule has 22 heavy (non-hydrogen) atoms. The van der Waals surface area contributed by atoms with E-state index in [2.05, 4.69) is 17.3 Å². The van der Waals surface area contributed by atoms with Gasteiger partial charge in [0.05, 0.1) is 24.8 Å². The van der Waals surface area contributed by atoms with Crippen molar-refractivity contribution in [1.82, 2.24) is 20.0 Å². The molecule has 3 rings (SSSR count). The van der Waals surface area contributed by atoms with Crippen LogP contribution in [-0.2, 0) is 11.8 Å². The van der Waals surface area contributed by atoms with Gasteiger partial charge in [-0.05, 0) is 13.0 Å². The SMILES string of the molecule is CC(NC[C@@H]1CC(=O)N(C)[C@H]1c1cnn(C)c1)c1ccoc1. The highest BCUT2D eigenvalue weighted by molar-refractivity contribution is 5.79. The maximum atomic E-state index is 12.1. The van der Waals surface area contributed by atoms with Gasteiger partial charge < -0.3 is 14.6 Å². The number of aromatic nitrogens is 2. The van der Waals surface area contributed by atoms with Gasteiger partial charge in [0.2, 0.25) is 5.91 Å². The molecule has 1 unspecified atom stereocenters. The zero-order valence-electron chi connectivity index (χ0n) is 13.2. The van der Waals surface area contributed by atoms with Gasteiger partial charge in [-0.3, -0.25) is 9.48 Å². The Labute approximate surface area is 130 Å². The molecule has 6 heteroatoms. The standard InChI is InChI=1S/C16H22N4O2/c1-11(12-4-5-22-10-12)17-7-13-6-15(21)20(3)16(13)14-8-18-19(2)9-14/h4-5,8-11,13,16-17H,6-7H2,1-3H3/t11?,13-,16+/m0/s1. The first-order valence-corrected chi connectivity index (χ1v) is 7.56. The van der Waals surface area contributed by atoms with Crippen molar-refractivity contribution >= 4 is 5.91 Å². The zero-order chi connectivity index (χ0) is 15.7. The fourth-order valence-electron chi connectivity index (χ4n) is 3.19. The van der Waals surface area contributed by atoms with Gasteiger partial charge in [-0.1, -0.05) is 0 Å². The highest BCUT2D eigenvalue weighted by Gasteiger charge is 2.38. The maximum absolute atomic E-state index is 12.1. The van der Waals surface area contributed by atoms with Crippen molar-refractivity contribution in [3.63, 3.8) is 0 Å². The van der Waals surface area contributed by atoms with Crippen LogP contribution in [0.2, 0.25) is 0 Å². The summed E-state index contributed by atoms with van der Waals surface area (Å²) in [4.78, 5) is 13.9. The van der Waals surface area contributed by atoms with E-state index in [1.54, 1.807) is 17.2 Å². The Morgan fingerprint density at radius 3 is 2.95 bits per heavy atom. The van der Waals surface area contributed by atoms with Crippen molar-refractivity contribution in [3.8, 4) is 0 Å². The van der Waals surface area contributed by atoms with E-state index in [0.29, 0.717) is 6.42 Å². The molecule has 1 amide bonds. The van der Waals surface area contributed by atoms with Crippen LogP contribution < -0.4 is 5.32 Å². The van der Waals surface area contributed by atoms with E-state index < -0.39 is 0 Å². The molecule has 0 aliphatic carbocycles. The van der Waals surface area contributed by atoms with E-state index in [1.807, 2.05) is 37.5 Å². The Bertz CT molecular complexity index is 634. The average molecular weight is 302 g/mol. The van der Waals surface area contributed by atoms with Gasteiger partial charge in [0.25, 0.3) is 0 Å². The number of rotatable bonds is 5. The monoisotopic (exact) mass is 302 g/mol. The minimum absolute atomic E-state index is 0.0882. The lowest BCUT2D eigenvalue weighted by molar-refractivity contribution is -0.127. The maximum Gasteiger partial charge on any atom is 0.223 e. The number of hydrogen-bond acceptors (Lipinski definition) is 4. The summed E-state index contributed by atoms with van der Waals surface area (Å²) < 4.78 is 6.90. The summed E-state index contributed by atoms with van der Waals surface area (Å²) in [6.07, 6.45) is 7.85. The molecule has 1 aliphatic rings. The number of nitrogens with zero attached hydrogens (tertiary/aromatic N) is 3. The van der Waals surface area contributed by atoms with Crippen LogP contribution in [0.25, 0.3) is 0 Å². The van der Waals surface area contributed by atoms with Crippen molar-refractivity contribution in [2.75, 3.05) is 13.6 Å². The van der Waals surface area contributed by atoms with Crippen molar-refractivity contribution in [2.45, 2.75) is 25.4 Å². The Kier molecular flexibility index (Phi) is 4.02. The third-order valence-corrected chi connectivity index (χ3v) is 4.49. The van der Waals surface area contributed by atoms with E-state index in [-0.39, 0.29) is 23.9 Å². The van der Waals surface area contributed by atoms with Crippen LogP contribution in [0.5, 0.6) is 0 Å². The minimum Gasteiger partial charge on any atom is -0.472 e. The molecule has 0 spiro atoms. The number of carbonyl (C=O) groups excluding carboxylic acids is 1. The number of likely N-dealkylation sites (tertiary alicyclic amines) is 1. The summed E-state index contributed by atoms with van der Waals surface area (Å²) in [5.74, 6) is 0.438. The fraction of sp³-hybridized carbons (Fsp3) is 0.500. The molecule has 2 aromatic rings. The zero-order valence-corrected chi connectivity index (χ0v) is 13.2. The quantitative estimate of drug-likeness (QED) is 0.916. The minimum atomic E-state index is 0.0882. The number of carbonyl (C=O) groups is 1. The predicted octanol–water partition coefficient (Wildman–Crippen LogP) is 1.88. The van der Waals surface area contributed by atoms with E-state index >= 15 is 0 Å². The lowest BCUT2D eigenvalue weighted by Crippen LogP contribution is -2.30. The number of hydrogen-bond donors (Lipinski definition) is 1. The summed E-state index contributed by atoms with van der Waals surface area (Å²) >= 11 is 0. The van der Waals surface area contributed by atoms with Crippen LogP contribution in [0.3, 0.4) is 0 Å². The second kappa shape index (κ2) is 5.96. The highest BCUT2D eigenvalue weighted by atomic mass is 16.3. The average Bonchev–Trinajstić information content (AvgIpc) is 3.19. The largest absolute Gasteiger partial charge is 0.472 e. The van der Waals surface area contributed by atoms with Gasteiger partial charge in [0.1, 0.15) is 0 Å². The number of furan rings is 1. The third-order valence-electron chi connectivity index (χ3n) is 4.49. The molecule has 1 aliphatic heterocycles. The Hall–Kier alpha value is -2.08. The fourth-order valence-corrected chi connectivity index (χ4v) is 3.19. The van der Waals surface area contributed by atoms with Crippen LogP contribution in [0.1, 0.15) is 36.6 Å². The molecule has 0 aromatic carbocycles. The second-order valence-corrected chi connectivity index (χ2v) is 6.05. The van der Waals surface area contributed by atoms with E-state index in [4.69, 9.17) is 4.42 Å². The molecule has 6 nitrogen and oxygen atoms in total. The van der Waals surface area contributed by atoms with Crippen molar-refractivity contribution in [3.05, 3.63) is 42.1 Å². The van der Waals surface area contributed by atoms with Crippen LogP contribution >= 0.6 is 0 Å². The van der Waals surface area contributed by atoms with Crippen LogP contribution in [0, 0.1) is 5.92 Å². The molecule has 0 saturated carbocycles. The topological polar surface area (TPSA) is 63.3 Å². The van der Waals surface area contributed by atoms with Crippen LogP contribution in [0.15, 0.2) is 35.4 Å². The van der Waals surface area contributed by atoms with Gasteiger partial charge in [-0.25, -0.2) is 0 Å². The normalized spacial score (nSPS) is 23.2. The summed E-state index contributed by atoms with van der Waals surface area (Å²) in [5.41, 5.74) is 2.22. The van der Waals surface area contributed by atoms with Gasteiger partial charge >= 0.3 is 0 Å². The molecular formula is C16H22N4O2. The number of amides is 1. The smallest absolute Gasteiger partial charge is 0.223 e. The Balaban J connectivity index is 1.70. The van der Waals surface area contributed by atoms with E-state index in [9.17, 15) is 4.79 Å². The Morgan fingerprint density at radius 1 is 1.50 bits per heavy atom. The molecule has 118 valence electrons. The molecule has 1 fully saturated rings. The summed E-state index contributed by atoms with van der Waals surface area (Å²) in [7, 11) is 3.77. The number of aryl methyl sites for hydroxylation is 1. The first-order valence-electron chi connectivity index (χ1n) is 7.56. The molecular weight excluding hydrogens is 280 g/mol.